The molecule has 6 nitrogen and oxygen atoms in total. The van der Waals surface area contributed by atoms with E-state index in [1.54, 1.807) is 4.57 Å². The summed E-state index contributed by atoms with van der Waals surface area (Å²) in [5, 5.41) is 0. The number of carbonyl (C=O) groups excluding carboxylic acids is 2. The smallest absolute Gasteiger partial charge is 0.267 e. The van der Waals surface area contributed by atoms with Crippen LogP contribution in [0.5, 0.6) is 0 Å². The number of benzene rings is 3. The van der Waals surface area contributed by atoms with Crippen molar-refractivity contribution < 1.29 is 22.8 Å². The van der Waals surface area contributed by atoms with E-state index in [1.165, 1.54) is 0 Å². The Morgan fingerprint density at radius 3 is 2.03 bits per heavy atom. The minimum Gasteiger partial charge on any atom is -0.416 e. The summed E-state index contributed by atoms with van der Waals surface area (Å²) in [5.74, 6) is -3.82. The van der Waals surface area contributed by atoms with Gasteiger partial charge < -0.3 is 4.42 Å². The van der Waals surface area contributed by atoms with Crippen LogP contribution in [0.1, 0.15) is 26.5 Å². The second-order valence-corrected chi connectivity index (χ2v) is 8.01. The molecule has 166 valence electrons. The number of hydrogen-bond donors (Lipinski definition) is 0. The molecule has 2 aromatic heterocycles. The third-order valence-electron chi connectivity index (χ3n) is 5.94. The predicted molar refractivity (Wildman–Crippen MR) is 119 cm³/mol. The number of carbonyl (C=O) groups is 2. The average Bonchev–Trinajstić information content (AvgIpc) is 3.47. The molecule has 0 saturated carbocycles. The monoisotopic (exact) mass is 455 g/mol. The van der Waals surface area contributed by atoms with Crippen molar-refractivity contribution in [2.45, 2.75) is 6.42 Å². The fraction of sp³-hybridized carbons (Fsp3) is 0.0769. The molecule has 34 heavy (non-hydrogen) atoms. The summed E-state index contributed by atoms with van der Waals surface area (Å²) in [4.78, 5) is 35.0. The average molecular weight is 455 g/mol. The van der Waals surface area contributed by atoms with Crippen molar-refractivity contribution in [3.63, 3.8) is 0 Å². The summed E-state index contributed by atoms with van der Waals surface area (Å²) in [7, 11) is 0. The van der Waals surface area contributed by atoms with Crippen LogP contribution in [0.2, 0.25) is 0 Å². The fourth-order valence-electron chi connectivity index (χ4n) is 4.32. The number of halogens is 2. The molecule has 0 saturated heterocycles. The van der Waals surface area contributed by atoms with Crippen LogP contribution >= 0.6 is 0 Å². The Morgan fingerprint density at radius 2 is 1.41 bits per heavy atom. The minimum absolute atomic E-state index is 0.0724. The maximum atomic E-state index is 13.7. The first-order valence-electron chi connectivity index (χ1n) is 10.6. The Balaban J connectivity index is 1.45. The summed E-state index contributed by atoms with van der Waals surface area (Å²) in [5.41, 5.74) is 1.97. The number of imidazole rings is 1. The van der Waals surface area contributed by atoms with Gasteiger partial charge in [-0.05, 0) is 36.4 Å². The second kappa shape index (κ2) is 7.55. The van der Waals surface area contributed by atoms with Crippen molar-refractivity contribution in [2.75, 3.05) is 0 Å². The number of Topliss-reactive ketones (excluding diaryl/α,β-unsaturated/α-hetero) is 2. The van der Waals surface area contributed by atoms with Crippen LogP contribution in [-0.4, -0.2) is 26.1 Å². The zero-order chi connectivity index (χ0) is 23.4. The van der Waals surface area contributed by atoms with E-state index < -0.39 is 29.1 Å². The SMILES string of the molecule is O=C1c2cc(F)c(F)cc2C(=O)C1Cc1nc2oc(-c3ccccc3)nc2n1-c1ccccc1. The molecule has 0 bridgehead atoms. The molecule has 0 unspecified atom stereocenters. The third-order valence-corrected chi connectivity index (χ3v) is 5.94. The molecule has 0 radical (unpaired) electrons. The minimum atomic E-state index is -1.17. The van der Waals surface area contributed by atoms with Crippen LogP contribution in [0.4, 0.5) is 8.78 Å². The van der Waals surface area contributed by atoms with E-state index >= 15 is 0 Å². The quantitative estimate of drug-likeness (QED) is 0.348. The van der Waals surface area contributed by atoms with Crippen LogP contribution < -0.4 is 0 Å². The number of rotatable bonds is 4. The number of fused-ring (bicyclic) bond motifs is 2. The van der Waals surface area contributed by atoms with Crippen molar-refractivity contribution in [1.82, 2.24) is 14.5 Å². The van der Waals surface area contributed by atoms with Crippen molar-refractivity contribution in [3.05, 3.63) is 101 Å². The van der Waals surface area contributed by atoms with Crippen LogP contribution in [0.15, 0.2) is 77.2 Å². The summed E-state index contributed by atoms with van der Waals surface area (Å²) in [6.07, 6.45) is -0.0724. The molecule has 5 aromatic rings. The molecular formula is C26H15F2N3O3. The van der Waals surface area contributed by atoms with Crippen molar-refractivity contribution >= 4 is 22.9 Å². The van der Waals surface area contributed by atoms with Crippen LogP contribution in [0.3, 0.4) is 0 Å². The van der Waals surface area contributed by atoms with Crippen molar-refractivity contribution in [1.29, 1.82) is 0 Å². The van der Waals surface area contributed by atoms with Gasteiger partial charge in [0.05, 0.1) is 5.92 Å². The topological polar surface area (TPSA) is 78.0 Å². The highest BCUT2D eigenvalue weighted by Crippen LogP contribution is 2.33. The largest absolute Gasteiger partial charge is 0.416 e. The standard InChI is InChI=1S/C26H15F2N3O3/c27-19-11-16-17(12-20(19)28)23(33)18(22(16)32)13-21-29-26-24(31(21)15-9-5-2-6-10-15)30-25(34-26)14-7-3-1-4-8-14/h1-12,18H,13H2. The fourth-order valence-corrected chi connectivity index (χ4v) is 4.32. The molecule has 6 rings (SSSR count). The number of para-hydroxylation sites is 1. The molecule has 2 heterocycles. The maximum absolute atomic E-state index is 13.7. The molecule has 0 amide bonds. The van der Waals surface area contributed by atoms with Gasteiger partial charge in [0.15, 0.2) is 23.2 Å². The Labute approximate surface area is 191 Å². The van der Waals surface area contributed by atoms with E-state index in [1.807, 2.05) is 60.7 Å². The molecule has 3 aromatic carbocycles. The molecule has 0 fully saturated rings. The highest BCUT2D eigenvalue weighted by atomic mass is 19.2. The van der Waals surface area contributed by atoms with Crippen LogP contribution in [0.25, 0.3) is 28.5 Å². The Kier molecular flexibility index (Phi) is 4.48. The van der Waals surface area contributed by atoms with Gasteiger partial charge in [0.2, 0.25) is 11.5 Å². The van der Waals surface area contributed by atoms with Gasteiger partial charge in [-0.3, -0.25) is 14.2 Å². The molecule has 8 heteroatoms. The first-order chi connectivity index (χ1) is 16.5. The van der Waals surface area contributed by atoms with Crippen LogP contribution in [0, 0.1) is 17.6 Å². The Morgan fingerprint density at radius 1 is 0.824 bits per heavy atom. The van der Waals surface area contributed by atoms with Gasteiger partial charge in [-0.2, -0.15) is 9.97 Å². The second-order valence-electron chi connectivity index (χ2n) is 8.01. The predicted octanol–water partition coefficient (Wildman–Crippen LogP) is 5.20. The zero-order valence-electron chi connectivity index (χ0n) is 17.5. The molecule has 0 aliphatic heterocycles. The van der Waals surface area contributed by atoms with Gasteiger partial charge in [-0.1, -0.05) is 36.4 Å². The van der Waals surface area contributed by atoms with Gasteiger partial charge in [-0.15, -0.1) is 0 Å². The number of aromatic nitrogens is 3. The van der Waals surface area contributed by atoms with Crippen molar-refractivity contribution in [2.24, 2.45) is 5.92 Å². The lowest BCUT2D eigenvalue weighted by atomic mass is 9.99. The van der Waals surface area contributed by atoms with E-state index in [4.69, 9.17) is 4.42 Å². The molecule has 1 aliphatic carbocycles. The van der Waals surface area contributed by atoms with Crippen LogP contribution in [-0.2, 0) is 6.42 Å². The highest BCUT2D eigenvalue weighted by molar-refractivity contribution is 6.26. The molecular weight excluding hydrogens is 440 g/mol. The molecule has 0 spiro atoms. The first kappa shape index (κ1) is 20.2. The highest BCUT2D eigenvalue weighted by Gasteiger charge is 2.40. The molecule has 0 N–H and O–H groups in total. The Bertz CT molecular complexity index is 1550. The molecule has 0 atom stereocenters. The summed E-state index contributed by atoms with van der Waals surface area (Å²) < 4.78 is 35.1. The summed E-state index contributed by atoms with van der Waals surface area (Å²) >= 11 is 0. The van der Waals surface area contributed by atoms with Crippen molar-refractivity contribution in [3.8, 4) is 17.1 Å². The van der Waals surface area contributed by atoms with E-state index in [2.05, 4.69) is 9.97 Å². The normalized spacial score (nSPS) is 13.7. The van der Waals surface area contributed by atoms with Gasteiger partial charge in [0.25, 0.3) is 5.71 Å². The van der Waals surface area contributed by atoms with E-state index in [0.717, 1.165) is 23.4 Å². The van der Waals surface area contributed by atoms with E-state index in [9.17, 15) is 18.4 Å². The number of ketones is 2. The number of oxazole rings is 1. The number of hydrogen-bond acceptors (Lipinski definition) is 5. The maximum Gasteiger partial charge on any atom is 0.267 e. The third kappa shape index (κ3) is 3.07. The zero-order valence-corrected chi connectivity index (χ0v) is 17.5. The molecule has 1 aliphatic rings. The van der Waals surface area contributed by atoms with E-state index in [0.29, 0.717) is 17.4 Å². The Hall–Kier alpha value is -4.46. The first-order valence-corrected chi connectivity index (χ1v) is 10.6. The van der Waals surface area contributed by atoms with Gasteiger partial charge in [-0.25, -0.2) is 8.78 Å². The lowest BCUT2D eigenvalue weighted by molar-refractivity contribution is 0.0836. The number of nitrogens with zero attached hydrogens (tertiary/aromatic N) is 3. The summed E-state index contributed by atoms with van der Waals surface area (Å²) in [6.45, 7) is 0. The van der Waals surface area contributed by atoms with E-state index in [-0.39, 0.29) is 23.3 Å². The lowest BCUT2D eigenvalue weighted by Gasteiger charge is -2.10. The van der Waals surface area contributed by atoms with Gasteiger partial charge in [0, 0.05) is 28.8 Å². The van der Waals surface area contributed by atoms with Gasteiger partial charge in [0.1, 0.15) is 5.82 Å². The van der Waals surface area contributed by atoms with Gasteiger partial charge >= 0.3 is 0 Å². The lowest BCUT2D eigenvalue weighted by Crippen LogP contribution is -2.20. The summed E-state index contributed by atoms with van der Waals surface area (Å²) in [6, 6.07) is 20.2.